The Hall–Kier alpha value is -2.67. The van der Waals surface area contributed by atoms with Gasteiger partial charge in [-0.15, -0.1) is 0 Å². The average Bonchev–Trinajstić information content (AvgIpc) is 2.42. The lowest BCUT2D eigenvalue weighted by atomic mass is 10.0. The molecule has 0 fully saturated rings. The maximum absolute atomic E-state index is 12.8. The van der Waals surface area contributed by atoms with Crippen molar-refractivity contribution in [3.05, 3.63) is 65.7 Å². The van der Waals surface area contributed by atoms with Crippen molar-refractivity contribution in [2.24, 2.45) is 0 Å². The predicted molar refractivity (Wildman–Crippen MR) is 65.7 cm³/mol. The zero-order valence-corrected chi connectivity index (χ0v) is 9.34. The summed E-state index contributed by atoms with van der Waals surface area (Å²) in [4.78, 5) is 3.96. The van der Waals surface area contributed by atoms with Crippen molar-refractivity contribution in [1.29, 1.82) is 5.26 Å². The van der Waals surface area contributed by atoms with E-state index in [0.29, 0.717) is 11.3 Å². The Labute approximate surface area is 103 Å². The van der Waals surface area contributed by atoms with Crippen molar-refractivity contribution in [1.82, 2.24) is 4.98 Å². The van der Waals surface area contributed by atoms with Crippen LogP contribution in [0.4, 0.5) is 4.39 Å². The third-order valence-corrected chi connectivity index (χ3v) is 2.39. The SMILES string of the molecule is N#C/C(=C(\O)c1ccccn1)c1ccc(F)cc1. The van der Waals surface area contributed by atoms with E-state index >= 15 is 0 Å². The van der Waals surface area contributed by atoms with Gasteiger partial charge in [-0.2, -0.15) is 5.26 Å². The third kappa shape index (κ3) is 2.36. The first-order valence-electron chi connectivity index (χ1n) is 5.23. The van der Waals surface area contributed by atoms with E-state index < -0.39 is 5.82 Å². The molecule has 0 aliphatic rings. The number of aliphatic hydroxyl groups is 1. The molecular weight excluding hydrogens is 231 g/mol. The van der Waals surface area contributed by atoms with Gasteiger partial charge in [-0.25, -0.2) is 4.39 Å². The van der Waals surface area contributed by atoms with Gasteiger partial charge in [0.05, 0.1) is 0 Å². The highest BCUT2D eigenvalue weighted by Crippen LogP contribution is 2.22. The second-order valence-corrected chi connectivity index (χ2v) is 3.56. The fourth-order valence-corrected chi connectivity index (χ4v) is 1.50. The summed E-state index contributed by atoms with van der Waals surface area (Å²) in [5.41, 5.74) is 0.814. The number of nitrogens with zero attached hydrogens (tertiary/aromatic N) is 2. The predicted octanol–water partition coefficient (Wildman–Crippen LogP) is 3.17. The lowest BCUT2D eigenvalue weighted by molar-refractivity contribution is 0.511. The minimum Gasteiger partial charge on any atom is -0.504 e. The molecule has 0 bridgehead atoms. The molecular formula is C14H9FN2O. The van der Waals surface area contributed by atoms with Gasteiger partial charge in [0.25, 0.3) is 0 Å². The molecule has 0 aliphatic carbocycles. The third-order valence-electron chi connectivity index (χ3n) is 2.39. The Morgan fingerprint density at radius 2 is 1.89 bits per heavy atom. The van der Waals surface area contributed by atoms with Crippen LogP contribution in [-0.2, 0) is 0 Å². The summed E-state index contributed by atoms with van der Waals surface area (Å²) in [5, 5.41) is 19.1. The van der Waals surface area contributed by atoms with E-state index in [-0.39, 0.29) is 11.3 Å². The quantitative estimate of drug-likeness (QED) is 0.648. The summed E-state index contributed by atoms with van der Waals surface area (Å²) in [6.45, 7) is 0. The van der Waals surface area contributed by atoms with E-state index in [0.717, 1.165) is 0 Å². The molecule has 0 amide bonds. The van der Waals surface area contributed by atoms with Gasteiger partial charge in [0.15, 0.2) is 5.76 Å². The molecule has 0 spiro atoms. The van der Waals surface area contributed by atoms with Crippen molar-refractivity contribution >= 4 is 11.3 Å². The van der Waals surface area contributed by atoms with Crippen LogP contribution in [-0.4, -0.2) is 10.1 Å². The lowest BCUT2D eigenvalue weighted by Crippen LogP contribution is -1.92. The molecule has 1 N–H and O–H groups in total. The van der Waals surface area contributed by atoms with Crippen LogP contribution in [0.2, 0.25) is 0 Å². The molecule has 1 heterocycles. The van der Waals surface area contributed by atoms with Crippen LogP contribution in [0.25, 0.3) is 11.3 Å². The molecule has 0 aliphatic heterocycles. The molecule has 3 nitrogen and oxygen atoms in total. The number of rotatable bonds is 2. The van der Waals surface area contributed by atoms with Crippen LogP contribution in [0.3, 0.4) is 0 Å². The monoisotopic (exact) mass is 240 g/mol. The maximum Gasteiger partial charge on any atom is 0.159 e. The largest absolute Gasteiger partial charge is 0.504 e. The normalized spacial score (nSPS) is 11.6. The van der Waals surface area contributed by atoms with Crippen molar-refractivity contribution in [3.8, 4) is 6.07 Å². The zero-order chi connectivity index (χ0) is 13.0. The highest BCUT2D eigenvalue weighted by atomic mass is 19.1. The summed E-state index contributed by atoms with van der Waals surface area (Å²) in [6, 6.07) is 12.3. The molecule has 2 rings (SSSR count). The standard InChI is InChI=1S/C14H9FN2O/c15-11-6-4-10(5-7-11)12(9-16)14(18)13-3-1-2-8-17-13/h1-8,18H/b14-12+. The van der Waals surface area contributed by atoms with Crippen LogP contribution in [0.1, 0.15) is 11.3 Å². The molecule has 1 aromatic carbocycles. The highest BCUT2D eigenvalue weighted by Gasteiger charge is 2.11. The van der Waals surface area contributed by atoms with E-state index in [4.69, 9.17) is 5.26 Å². The summed E-state index contributed by atoms with van der Waals surface area (Å²) in [7, 11) is 0. The molecule has 1 aromatic heterocycles. The summed E-state index contributed by atoms with van der Waals surface area (Å²) in [5.74, 6) is -0.613. The number of hydrogen-bond donors (Lipinski definition) is 1. The fourth-order valence-electron chi connectivity index (χ4n) is 1.50. The molecule has 4 heteroatoms. The second kappa shape index (κ2) is 5.11. The van der Waals surface area contributed by atoms with Gasteiger partial charge < -0.3 is 5.11 Å². The van der Waals surface area contributed by atoms with Crippen molar-refractivity contribution in [2.45, 2.75) is 0 Å². The van der Waals surface area contributed by atoms with Gasteiger partial charge in [-0.05, 0) is 29.8 Å². The molecule has 0 saturated heterocycles. The topological polar surface area (TPSA) is 56.9 Å². The van der Waals surface area contributed by atoms with Crippen molar-refractivity contribution in [3.63, 3.8) is 0 Å². The molecule has 18 heavy (non-hydrogen) atoms. The van der Waals surface area contributed by atoms with Gasteiger partial charge in [-0.1, -0.05) is 18.2 Å². The van der Waals surface area contributed by atoms with Crippen molar-refractivity contribution < 1.29 is 9.50 Å². The number of nitriles is 1. The van der Waals surface area contributed by atoms with Gasteiger partial charge in [0, 0.05) is 6.20 Å². The lowest BCUT2D eigenvalue weighted by Gasteiger charge is -2.03. The highest BCUT2D eigenvalue weighted by molar-refractivity contribution is 5.93. The Morgan fingerprint density at radius 1 is 1.17 bits per heavy atom. The first-order valence-corrected chi connectivity index (χ1v) is 5.23. The molecule has 0 radical (unpaired) electrons. The van der Waals surface area contributed by atoms with Gasteiger partial charge in [-0.3, -0.25) is 4.98 Å². The second-order valence-electron chi connectivity index (χ2n) is 3.56. The van der Waals surface area contributed by atoms with E-state index in [1.165, 1.54) is 30.5 Å². The average molecular weight is 240 g/mol. The van der Waals surface area contributed by atoms with Crippen molar-refractivity contribution in [2.75, 3.05) is 0 Å². The maximum atomic E-state index is 12.8. The molecule has 0 unspecified atom stereocenters. The molecule has 0 saturated carbocycles. The van der Waals surface area contributed by atoms with Crippen LogP contribution >= 0.6 is 0 Å². The van der Waals surface area contributed by atoms with Gasteiger partial charge in [0.2, 0.25) is 0 Å². The molecule has 88 valence electrons. The van der Waals surface area contributed by atoms with E-state index in [2.05, 4.69) is 4.98 Å². The van der Waals surface area contributed by atoms with E-state index in [1.807, 2.05) is 6.07 Å². The Balaban J connectivity index is 2.52. The summed E-state index contributed by atoms with van der Waals surface area (Å²) in [6.07, 6.45) is 1.52. The molecule has 0 atom stereocenters. The number of pyridine rings is 1. The van der Waals surface area contributed by atoms with E-state index in [1.54, 1.807) is 18.2 Å². The molecule has 2 aromatic rings. The zero-order valence-electron chi connectivity index (χ0n) is 9.34. The number of allylic oxidation sites excluding steroid dienone is 1. The minimum absolute atomic E-state index is 0.0636. The Kier molecular flexibility index (Phi) is 3.35. The number of aliphatic hydroxyl groups excluding tert-OH is 1. The fraction of sp³-hybridized carbons (Fsp3) is 0. The van der Waals surface area contributed by atoms with Gasteiger partial charge in [0.1, 0.15) is 23.2 Å². The number of aromatic nitrogens is 1. The van der Waals surface area contributed by atoms with Gasteiger partial charge >= 0.3 is 0 Å². The Morgan fingerprint density at radius 3 is 2.44 bits per heavy atom. The number of hydrogen-bond acceptors (Lipinski definition) is 3. The number of benzene rings is 1. The first-order chi connectivity index (χ1) is 8.72. The van der Waals surface area contributed by atoms with Crippen LogP contribution in [0.15, 0.2) is 48.7 Å². The summed E-state index contributed by atoms with van der Waals surface area (Å²) >= 11 is 0. The van der Waals surface area contributed by atoms with Crippen LogP contribution in [0, 0.1) is 17.1 Å². The smallest absolute Gasteiger partial charge is 0.159 e. The first kappa shape index (κ1) is 11.8. The van der Waals surface area contributed by atoms with Crippen LogP contribution < -0.4 is 0 Å². The Bertz CT molecular complexity index is 612. The van der Waals surface area contributed by atoms with E-state index in [9.17, 15) is 9.50 Å². The summed E-state index contributed by atoms with van der Waals surface area (Å²) < 4.78 is 12.8. The minimum atomic E-state index is -0.395. The van der Waals surface area contributed by atoms with Crippen LogP contribution in [0.5, 0.6) is 0 Å². The number of halogens is 1.